The third-order valence-electron chi connectivity index (χ3n) is 5.99. The number of allylic oxidation sites excluding steroid dienone is 4. The zero-order chi connectivity index (χ0) is 14.4. The first-order chi connectivity index (χ1) is 8.71. The lowest BCUT2D eigenvalue weighted by Gasteiger charge is -2.58. The van der Waals surface area contributed by atoms with Gasteiger partial charge in [0.2, 0.25) is 0 Å². The normalized spacial score (nSPS) is 37.2. The highest BCUT2D eigenvalue weighted by molar-refractivity contribution is 5.94. The van der Waals surface area contributed by atoms with Crippen LogP contribution < -0.4 is 0 Å². The molecule has 0 N–H and O–H groups in total. The van der Waals surface area contributed by atoms with Gasteiger partial charge in [-0.3, -0.25) is 4.79 Å². The average Bonchev–Trinajstić information content (AvgIpc) is 2.32. The summed E-state index contributed by atoms with van der Waals surface area (Å²) in [5.41, 5.74) is 3.19. The number of ketones is 1. The molecule has 0 aromatic heterocycles. The van der Waals surface area contributed by atoms with E-state index >= 15 is 0 Å². The second-order valence-electron chi connectivity index (χ2n) is 7.43. The summed E-state index contributed by atoms with van der Waals surface area (Å²) in [6.07, 6.45) is 7.79. The monoisotopic (exact) mass is 260 g/mol. The van der Waals surface area contributed by atoms with Gasteiger partial charge in [0.1, 0.15) is 0 Å². The second-order valence-corrected chi connectivity index (χ2v) is 7.43. The summed E-state index contributed by atoms with van der Waals surface area (Å²) in [5.74, 6) is 1.47. The maximum atomic E-state index is 11.8. The van der Waals surface area contributed by atoms with Gasteiger partial charge in [0.25, 0.3) is 0 Å². The van der Waals surface area contributed by atoms with E-state index in [9.17, 15) is 4.79 Å². The number of hydrogen-bond donors (Lipinski definition) is 0. The maximum absolute atomic E-state index is 11.8. The molecule has 0 radical (unpaired) electrons. The zero-order valence-electron chi connectivity index (χ0n) is 13.3. The van der Waals surface area contributed by atoms with Crippen LogP contribution >= 0.6 is 0 Å². The lowest BCUT2D eigenvalue weighted by atomic mass is 9.47. The summed E-state index contributed by atoms with van der Waals surface area (Å²) in [5, 5.41) is 0. The van der Waals surface area contributed by atoms with E-state index in [1.165, 1.54) is 12.8 Å². The summed E-state index contributed by atoms with van der Waals surface area (Å²) < 4.78 is 0. The fourth-order valence-corrected chi connectivity index (χ4v) is 4.12. The van der Waals surface area contributed by atoms with Crippen molar-refractivity contribution >= 4 is 5.78 Å². The van der Waals surface area contributed by atoms with Gasteiger partial charge in [0.05, 0.1) is 0 Å². The van der Waals surface area contributed by atoms with Crippen molar-refractivity contribution in [1.82, 2.24) is 0 Å². The summed E-state index contributed by atoms with van der Waals surface area (Å²) >= 11 is 0. The van der Waals surface area contributed by atoms with Crippen molar-refractivity contribution in [2.75, 3.05) is 0 Å². The van der Waals surface area contributed by atoms with Gasteiger partial charge in [-0.1, -0.05) is 45.4 Å². The second kappa shape index (κ2) is 4.61. The van der Waals surface area contributed by atoms with Crippen LogP contribution in [0.15, 0.2) is 23.3 Å². The van der Waals surface area contributed by atoms with Crippen molar-refractivity contribution in [1.29, 1.82) is 0 Å². The Bertz CT molecular complexity index is 452. The van der Waals surface area contributed by atoms with Crippen LogP contribution in [0.25, 0.3) is 0 Å². The van der Waals surface area contributed by atoms with Crippen molar-refractivity contribution in [2.24, 2.45) is 22.7 Å². The Morgan fingerprint density at radius 3 is 2.53 bits per heavy atom. The van der Waals surface area contributed by atoms with E-state index in [1.54, 1.807) is 5.57 Å². The van der Waals surface area contributed by atoms with Crippen molar-refractivity contribution in [3.8, 4) is 0 Å². The Balaban J connectivity index is 2.30. The summed E-state index contributed by atoms with van der Waals surface area (Å²) in [4.78, 5) is 11.8. The highest BCUT2D eigenvalue weighted by Gasteiger charge is 2.52. The Morgan fingerprint density at radius 2 is 2.00 bits per heavy atom. The van der Waals surface area contributed by atoms with Crippen LogP contribution in [0.3, 0.4) is 0 Å². The first-order valence-electron chi connectivity index (χ1n) is 7.62. The van der Waals surface area contributed by atoms with Crippen molar-refractivity contribution in [2.45, 2.75) is 60.8 Å². The van der Waals surface area contributed by atoms with Crippen LogP contribution in [0.2, 0.25) is 0 Å². The minimum Gasteiger partial charge on any atom is -0.295 e. The molecule has 106 valence electrons. The molecule has 19 heavy (non-hydrogen) atoms. The predicted molar refractivity (Wildman–Crippen MR) is 80.9 cm³/mol. The molecule has 0 heterocycles. The molecular weight excluding hydrogens is 232 g/mol. The molecule has 1 heteroatoms. The minimum absolute atomic E-state index is 0.290. The fraction of sp³-hybridized carbons (Fsp3) is 0.722. The van der Waals surface area contributed by atoms with Gasteiger partial charge in [-0.25, -0.2) is 0 Å². The molecule has 3 unspecified atom stereocenters. The fourth-order valence-electron chi connectivity index (χ4n) is 4.12. The zero-order valence-corrected chi connectivity index (χ0v) is 13.3. The van der Waals surface area contributed by atoms with E-state index in [2.05, 4.69) is 39.8 Å². The third kappa shape index (κ3) is 2.22. The van der Waals surface area contributed by atoms with Gasteiger partial charge in [0, 0.05) is 6.42 Å². The molecule has 0 spiro atoms. The van der Waals surface area contributed by atoms with Gasteiger partial charge < -0.3 is 0 Å². The predicted octanol–water partition coefficient (Wildman–Crippen LogP) is 4.93. The molecular formula is C18H28O. The SMILES string of the molecule is CCC(=O)C(C)=CC1CC2(C)C(C)=CC1CC2(C)C. The van der Waals surface area contributed by atoms with Crippen molar-refractivity contribution in [3.05, 3.63) is 23.3 Å². The van der Waals surface area contributed by atoms with Crippen LogP contribution in [0, 0.1) is 22.7 Å². The maximum Gasteiger partial charge on any atom is 0.157 e. The highest BCUT2D eigenvalue weighted by atomic mass is 16.1. The first kappa shape index (κ1) is 14.6. The van der Waals surface area contributed by atoms with Gasteiger partial charge in [-0.15, -0.1) is 0 Å². The summed E-state index contributed by atoms with van der Waals surface area (Å²) in [6.45, 7) is 13.4. The van der Waals surface area contributed by atoms with Gasteiger partial charge in [-0.05, 0) is 54.9 Å². The van der Waals surface area contributed by atoms with Crippen LogP contribution in [-0.4, -0.2) is 5.78 Å². The number of carbonyl (C=O) groups is 1. The number of fused-ring (bicyclic) bond motifs is 2. The van der Waals surface area contributed by atoms with E-state index in [0.29, 0.717) is 34.9 Å². The molecule has 3 rings (SSSR count). The third-order valence-corrected chi connectivity index (χ3v) is 5.99. The van der Waals surface area contributed by atoms with Crippen LogP contribution in [0.1, 0.15) is 60.8 Å². The molecule has 1 saturated carbocycles. The minimum atomic E-state index is 0.290. The molecule has 2 bridgehead atoms. The quantitative estimate of drug-likeness (QED) is 0.519. The largest absolute Gasteiger partial charge is 0.295 e. The standard InChI is InChI=1S/C18H28O/c1-7-16(19)12(2)8-14-11-18(6)13(3)9-15(14)10-17(18,4)5/h8-9,14-15H,7,10-11H2,1-6H3. The van der Waals surface area contributed by atoms with Gasteiger partial charge in [-0.2, -0.15) is 0 Å². The average molecular weight is 260 g/mol. The summed E-state index contributed by atoms with van der Waals surface area (Å²) in [7, 11) is 0. The number of carbonyl (C=O) groups excluding carboxylic acids is 1. The molecule has 3 aliphatic carbocycles. The van der Waals surface area contributed by atoms with E-state index in [0.717, 1.165) is 5.57 Å². The molecule has 0 aromatic carbocycles. The van der Waals surface area contributed by atoms with Crippen LogP contribution in [-0.2, 0) is 4.79 Å². The van der Waals surface area contributed by atoms with E-state index in [4.69, 9.17) is 0 Å². The molecule has 1 fully saturated rings. The molecule has 1 nitrogen and oxygen atoms in total. The lowest BCUT2D eigenvalue weighted by Crippen LogP contribution is -2.48. The number of rotatable bonds is 3. The Kier molecular flexibility index (Phi) is 3.53. The number of hydrogen-bond acceptors (Lipinski definition) is 1. The summed E-state index contributed by atoms with van der Waals surface area (Å²) in [6, 6.07) is 0. The van der Waals surface area contributed by atoms with Gasteiger partial charge in [0.15, 0.2) is 5.78 Å². The van der Waals surface area contributed by atoms with E-state index in [-0.39, 0.29) is 0 Å². The van der Waals surface area contributed by atoms with Crippen LogP contribution in [0.4, 0.5) is 0 Å². The Labute approximate surface area is 118 Å². The molecule has 0 saturated heterocycles. The number of Topliss-reactive ketones (excluding diaryl/α,β-unsaturated/α-hetero) is 1. The topological polar surface area (TPSA) is 17.1 Å². The van der Waals surface area contributed by atoms with Crippen molar-refractivity contribution < 1.29 is 4.79 Å². The van der Waals surface area contributed by atoms with Gasteiger partial charge >= 0.3 is 0 Å². The highest BCUT2D eigenvalue weighted by Crippen LogP contribution is 2.62. The van der Waals surface area contributed by atoms with E-state index < -0.39 is 0 Å². The molecule has 3 atom stereocenters. The Hall–Kier alpha value is -0.850. The lowest BCUT2D eigenvalue weighted by molar-refractivity contribution is -0.115. The van der Waals surface area contributed by atoms with Crippen molar-refractivity contribution in [3.63, 3.8) is 0 Å². The first-order valence-corrected chi connectivity index (χ1v) is 7.62. The smallest absolute Gasteiger partial charge is 0.157 e. The van der Waals surface area contributed by atoms with Crippen LogP contribution in [0.5, 0.6) is 0 Å². The molecule has 0 aliphatic heterocycles. The Morgan fingerprint density at radius 1 is 1.37 bits per heavy atom. The molecule has 3 aliphatic rings. The molecule has 0 aromatic rings. The molecule has 0 amide bonds. The van der Waals surface area contributed by atoms with E-state index in [1.807, 2.05) is 13.8 Å².